The van der Waals surface area contributed by atoms with E-state index in [4.69, 9.17) is 4.74 Å². The summed E-state index contributed by atoms with van der Waals surface area (Å²) in [5.41, 5.74) is 6.43. The van der Waals surface area contributed by atoms with Crippen LogP contribution in [0.1, 0.15) is 19.4 Å². The van der Waals surface area contributed by atoms with E-state index < -0.39 is 0 Å². The SMILES string of the molecule is CN1[CH-]N(c2[c-]c(Oc3[c-]c(N4[CH-]N(C)C(C)(C)c5ccccc54)ccc3)ccc2)c2ccccc21.[Pt+4]. The van der Waals surface area contributed by atoms with Gasteiger partial charge in [0.25, 0.3) is 0 Å². The first-order chi connectivity index (χ1) is 17.4. The summed E-state index contributed by atoms with van der Waals surface area (Å²) in [5.74, 6) is 1.28. The van der Waals surface area contributed by atoms with E-state index in [1.165, 1.54) is 5.56 Å². The first-order valence-corrected chi connectivity index (χ1v) is 12.1. The molecule has 2 heterocycles. The number of rotatable bonds is 4. The third-order valence-electron chi connectivity index (χ3n) is 7.05. The van der Waals surface area contributed by atoms with Crippen LogP contribution in [0.3, 0.4) is 0 Å². The zero-order valence-electron chi connectivity index (χ0n) is 21.3. The summed E-state index contributed by atoms with van der Waals surface area (Å²) in [7, 11) is 4.16. The van der Waals surface area contributed by atoms with Crippen molar-refractivity contribution in [3.63, 3.8) is 0 Å². The van der Waals surface area contributed by atoms with Gasteiger partial charge in [-0.15, -0.1) is 47.8 Å². The summed E-state index contributed by atoms with van der Waals surface area (Å²) in [6.45, 7) is 8.66. The first-order valence-electron chi connectivity index (χ1n) is 12.1. The minimum Gasteiger partial charge on any atom is -0.509 e. The van der Waals surface area contributed by atoms with Gasteiger partial charge in [0.2, 0.25) is 0 Å². The van der Waals surface area contributed by atoms with Crippen molar-refractivity contribution in [1.82, 2.24) is 4.90 Å². The normalized spacial score (nSPS) is 16.2. The second-order valence-corrected chi connectivity index (χ2v) is 9.66. The van der Waals surface area contributed by atoms with Crippen LogP contribution in [0.4, 0.5) is 28.4 Å². The maximum Gasteiger partial charge on any atom is 4.00 e. The number of nitrogens with zero attached hydrogens (tertiary/aromatic N) is 4. The van der Waals surface area contributed by atoms with Gasteiger partial charge in [-0.3, -0.25) is 0 Å². The molecule has 0 atom stereocenters. The fourth-order valence-corrected chi connectivity index (χ4v) is 4.81. The van der Waals surface area contributed by atoms with Crippen LogP contribution >= 0.6 is 0 Å². The number of hydrogen-bond donors (Lipinski definition) is 0. The zero-order valence-corrected chi connectivity index (χ0v) is 23.5. The summed E-state index contributed by atoms with van der Waals surface area (Å²) in [6.07, 6.45) is 0. The molecule has 5 nitrogen and oxygen atoms in total. The fraction of sp³-hybridized carbons (Fsp3) is 0.161. The molecule has 2 aliphatic heterocycles. The van der Waals surface area contributed by atoms with Crippen LogP contribution in [-0.2, 0) is 26.6 Å². The van der Waals surface area contributed by atoms with Crippen LogP contribution in [0.15, 0.2) is 84.9 Å². The van der Waals surface area contributed by atoms with Gasteiger partial charge in [-0.25, -0.2) is 0 Å². The van der Waals surface area contributed by atoms with Gasteiger partial charge in [0.1, 0.15) is 0 Å². The van der Waals surface area contributed by atoms with Crippen molar-refractivity contribution in [2.75, 3.05) is 28.8 Å². The van der Waals surface area contributed by atoms with Gasteiger partial charge in [0.15, 0.2) is 0 Å². The smallest absolute Gasteiger partial charge is 0.509 e. The standard InChI is InChI=1S/C31H28N4O.Pt/c1-31(2)27-15-5-6-16-28(27)35(22-33(31)4)24-12-10-14-26(20-24)36-25-13-9-11-23(19-25)34-21-32(3)29-17-7-8-18-30(29)34;/h5-18,21-22H,1-4H3;/q-4;+4. The van der Waals surface area contributed by atoms with Crippen LogP contribution in [0, 0.1) is 25.5 Å². The van der Waals surface area contributed by atoms with Gasteiger partial charge in [-0.2, -0.15) is 25.5 Å². The number of ether oxygens (including phenoxy) is 1. The second kappa shape index (κ2) is 9.89. The van der Waals surface area contributed by atoms with E-state index in [0.717, 1.165) is 28.4 Å². The van der Waals surface area contributed by atoms with Crippen molar-refractivity contribution in [3.05, 3.63) is 116 Å². The van der Waals surface area contributed by atoms with E-state index in [-0.39, 0.29) is 26.6 Å². The van der Waals surface area contributed by atoms with Crippen molar-refractivity contribution in [3.8, 4) is 11.5 Å². The van der Waals surface area contributed by atoms with Gasteiger partial charge >= 0.3 is 21.1 Å². The van der Waals surface area contributed by atoms with Crippen LogP contribution in [-0.4, -0.2) is 19.0 Å². The van der Waals surface area contributed by atoms with Crippen molar-refractivity contribution < 1.29 is 25.8 Å². The Kier molecular flexibility index (Phi) is 6.78. The average molecular weight is 668 g/mol. The van der Waals surface area contributed by atoms with E-state index in [1.54, 1.807) is 0 Å². The van der Waals surface area contributed by atoms with Crippen LogP contribution in [0.2, 0.25) is 0 Å². The molecule has 0 fully saturated rings. The van der Waals surface area contributed by atoms with Crippen LogP contribution < -0.4 is 19.4 Å². The minimum absolute atomic E-state index is 0. The largest absolute Gasteiger partial charge is 4.00 e. The molecule has 37 heavy (non-hydrogen) atoms. The molecule has 0 amide bonds. The van der Waals surface area contributed by atoms with E-state index in [9.17, 15) is 0 Å². The Balaban J connectivity index is 0.00000280. The van der Waals surface area contributed by atoms with Gasteiger partial charge in [0, 0.05) is 34.1 Å². The molecule has 0 bridgehead atoms. The molecular formula is C31H28N4OPt. The monoisotopic (exact) mass is 667 g/mol. The Morgan fingerprint density at radius 3 is 1.84 bits per heavy atom. The Morgan fingerprint density at radius 1 is 0.649 bits per heavy atom. The van der Waals surface area contributed by atoms with Gasteiger partial charge in [-0.05, 0) is 51.7 Å². The van der Waals surface area contributed by atoms with Crippen LogP contribution in [0.25, 0.3) is 0 Å². The van der Waals surface area contributed by atoms with Crippen LogP contribution in [0.5, 0.6) is 11.5 Å². The van der Waals surface area contributed by atoms with E-state index in [1.807, 2.05) is 43.4 Å². The van der Waals surface area contributed by atoms with E-state index >= 15 is 0 Å². The number of hydrogen-bond acceptors (Lipinski definition) is 5. The molecule has 4 aromatic rings. The molecule has 2 aliphatic rings. The molecule has 0 saturated heterocycles. The Labute approximate surface area is 234 Å². The number of para-hydroxylation sites is 3. The van der Waals surface area contributed by atoms with Gasteiger partial charge in [0.05, 0.1) is 0 Å². The molecule has 0 aliphatic carbocycles. The first kappa shape index (κ1) is 25.4. The number of benzene rings is 4. The van der Waals surface area contributed by atoms with E-state index in [2.05, 4.69) is 114 Å². The van der Waals surface area contributed by atoms with E-state index in [0.29, 0.717) is 11.5 Å². The molecule has 0 aromatic heterocycles. The minimum atomic E-state index is -0.101. The summed E-state index contributed by atoms with van der Waals surface area (Å²) in [5, 5.41) is 0. The molecule has 4 aromatic carbocycles. The average Bonchev–Trinajstić information content (AvgIpc) is 3.23. The second-order valence-electron chi connectivity index (χ2n) is 9.66. The molecule has 0 saturated carbocycles. The fourth-order valence-electron chi connectivity index (χ4n) is 4.81. The molecule has 6 rings (SSSR count). The predicted octanol–water partition coefficient (Wildman–Crippen LogP) is 7.22. The van der Waals surface area contributed by atoms with Crippen molar-refractivity contribution in [2.24, 2.45) is 0 Å². The van der Waals surface area contributed by atoms with Crippen molar-refractivity contribution in [2.45, 2.75) is 19.4 Å². The quantitative estimate of drug-likeness (QED) is 0.214. The third-order valence-corrected chi connectivity index (χ3v) is 7.05. The number of anilines is 5. The number of fused-ring (bicyclic) bond motifs is 2. The van der Waals surface area contributed by atoms with Gasteiger partial charge < -0.3 is 24.3 Å². The Bertz CT molecular complexity index is 1420. The molecule has 6 heteroatoms. The summed E-state index contributed by atoms with van der Waals surface area (Å²) >= 11 is 0. The third kappa shape index (κ3) is 4.52. The topological polar surface area (TPSA) is 22.2 Å². The molecular weight excluding hydrogens is 639 g/mol. The predicted molar refractivity (Wildman–Crippen MR) is 146 cm³/mol. The van der Waals surface area contributed by atoms with Gasteiger partial charge in [-0.1, -0.05) is 30.3 Å². The summed E-state index contributed by atoms with van der Waals surface area (Å²) < 4.78 is 6.26. The molecule has 0 unspecified atom stereocenters. The maximum atomic E-state index is 6.26. The molecule has 188 valence electrons. The van der Waals surface area contributed by atoms with Crippen molar-refractivity contribution >= 4 is 28.4 Å². The molecule has 0 N–H and O–H groups in total. The Hall–Kier alpha value is -3.27. The summed E-state index contributed by atoms with van der Waals surface area (Å²) in [4.78, 5) is 8.63. The Morgan fingerprint density at radius 2 is 1.19 bits per heavy atom. The van der Waals surface area contributed by atoms with Crippen molar-refractivity contribution in [1.29, 1.82) is 0 Å². The summed E-state index contributed by atoms with van der Waals surface area (Å²) in [6, 6.07) is 35.7. The zero-order chi connectivity index (χ0) is 24.9. The molecule has 0 spiro atoms. The molecule has 0 radical (unpaired) electrons. The maximum absolute atomic E-state index is 6.26.